The van der Waals surface area contributed by atoms with Crippen LogP contribution < -0.4 is 14.4 Å². The zero-order chi connectivity index (χ0) is 19.6. The van der Waals surface area contributed by atoms with E-state index in [0.29, 0.717) is 23.7 Å². The van der Waals surface area contributed by atoms with Crippen LogP contribution in [0.5, 0.6) is 11.5 Å². The lowest BCUT2D eigenvalue weighted by Gasteiger charge is -2.17. The number of amides is 1. The third-order valence-electron chi connectivity index (χ3n) is 4.57. The maximum Gasteiger partial charge on any atom is 0.270 e. The van der Waals surface area contributed by atoms with Gasteiger partial charge in [-0.3, -0.25) is 4.79 Å². The number of anilines is 1. The van der Waals surface area contributed by atoms with Crippen molar-refractivity contribution in [3.63, 3.8) is 0 Å². The second kappa shape index (κ2) is 7.61. The Morgan fingerprint density at radius 1 is 0.963 bits per heavy atom. The van der Waals surface area contributed by atoms with Crippen LogP contribution in [0.4, 0.5) is 5.69 Å². The molecule has 0 saturated carbocycles. The van der Waals surface area contributed by atoms with Crippen molar-refractivity contribution in [2.24, 2.45) is 0 Å². The molecule has 6 heteroatoms. The number of benzene rings is 2. The lowest BCUT2D eigenvalue weighted by atomic mass is 10.2. The van der Waals surface area contributed by atoms with Crippen LogP contribution >= 0.6 is 0 Å². The highest BCUT2D eigenvalue weighted by atomic mass is 16.5. The van der Waals surface area contributed by atoms with Gasteiger partial charge in [0.05, 0.1) is 14.2 Å². The summed E-state index contributed by atoms with van der Waals surface area (Å²) < 4.78 is 10.6. The van der Waals surface area contributed by atoms with Gasteiger partial charge in [-0.25, -0.2) is 0 Å². The predicted octanol–water partition coefficient (Wildman–Crippen LogP) is 3.52. The number of hydrogen-bond donors (Lipinski definition) is 1. The number of carbonyl (C=O) groups excluding carboxylic acids is 1. The smallest absolute Gasteiger partial charge is 0.270 e. The molecule has 6 nitrogen and oxygen atoms in total. The molecule has 0 atom stereocenters. The summed E-state index contributed by atoms with van der Waals surface area (Å²) in [5, 5.41) is 1.02. The monoisotopic (exact) mass is 367 g/mol. The summed E-state index contributed by atoms with van der Waals surface area (Å²) in [7, 11) is 8.98. The van der Waals surface area contributed by atoms with E-state index in [9.17, 15) is 4.79 Å². The van der Waals surface area contributed by atoms with Crippen LogP contribution in [-0.2, 0) is 6.54 Å². The normalized spacial score (nSPS) is 10.7. The molecule has 1 amide bonds. The highest BCUT2D eigenvalue weighted by Gasteiger charge is 2.16. The van der Waals surface area contributed by atoms with E-state index in [1.165, 1.54) is 0 Å². The van der Waals surface area contributed by atoms with Crippen LogP contribution in [0.25, 0.3) is 10.9 Å². The second-order valence-corrected chi connectivity index (χ2v) is 6.70. The van der Waals surface area contributed by atoms with Gasteiger partial charge in [0, 0.05) is 44.3 Å². The number of methoxy groups -OCH3 is 2. The lowest BCUT2D eigenvalue weighted by molar-refractivity contribution is 0.0780. The average Bonchev–Trinajstić information content (AvgIpc) is 3.10. The first-order valence-electron chi connectivity index (χ1n) is 8.69. The second-order valence-electron chi connectivity index (χ2n) is 6.70. The number of ether oxygens (including phenoxy) is 2. The van der Waals surface area contributed by atoms with Crippen molar-refractivity contribution in [1.29, 1.82) is 0 Å². The number of nitrogens with one attached hydrogen (secondary N) is 1. The molecule has 3 aromatic rings. The number of nitrogens with zero attached hydrogens (tertiary/aromatic N) is 2. The molecule has 0 fully saturated rings. The fourth-order valence-electron chi connectivity index (χ4n) is 3.04. The van der Waals surface area contributed by atoms with E-state index in [0.717, 1.165) is 22.2 Å². The molecule has 0 aliphatic carbocycles. The quantitative estimate of drug-likeness (QED) is 0.724. The Balaban J connectivity index is 1.80. The van der Waals surface area contributed by atoms with Crippen molar-refractivity contribution in [2.75, 3.05) is 40.3 Å². The number of aromatic nitrogens is 1. The van der Waals surface area contributed by atoms with Gasteiger partial charge in [-0.1, -0.05) is 12.1 Å². The largest absolute Gasteiger partial charge is 0.493 e. The van der Waals surface area contributed by atoms with E-state index >= 15 is 0 Å². The van der Waals surface area contributed by atoms with Crippen LogP contribution in [0.1, 0.15) is 16.1 Å². The molecule has 0 unspecified atom stereocenters. The number of fused-ring (bicyclic) bond motifs is 1. The Hall–Kier alpha value is -3.15. The lowest BCUT2D eigenvalue weighted by Crippen LogP contribution is -2.26. The molecule has 1 heterocycles. The van der Waals surface area contributed by atoms with E-state index in [-0.39, 0.29) is 5.91 Å². The van der Waals surface area contributed by atoms with E-state index in [2.05, 4.69) is 4.98 Å². The first kappa shape index (κ1) is 18.6. The number of hydrogen-bond acceptors (Lipinski definition) is 4. The number of aromatic amines is 1. The molecule has 3 rings (SSSR count). The number of carbonyl (C=O) groups is 1. The molecule has 142 valence electrons. The van der Waals surface area contributed by atoms with Gasteiger partial charge in [-0.2, -0.15) is 0 Å². The minimum absolute atomic E-state index is 0.0626. The molecule has 2 aromatic carbocycles. The zero-order valence-corrected chi connectivity index (χ0v) is 16.4. The third kappa shape index (κ3) is 3.84. The van der Waals surface area contributed by atoms with Crippen molar-refractivity contribution in [2.45, 2.75) is 6.54 Å². The Labute approximate surface area is 159 Å². The molecular weight excluding hydrogens is 342 g/mol. The molecular formula is C21H25N3O3. The van der Waals surface area contributed by atoms with E-state index in [1.807, 2.05) is 61.5 Å². The molecule has 0 bridgehead atoms. The van der Waals surface area contributed by atoms with Crippen molar-refractivity contribution in [3.05, 3.63) is 53.7 Å². The highest BCUT2D eigenvalue weighted by Crippen LogP contribution is 2.28. The van der Waals surface area contributed by atoms with E-state index < -0.39 is 0 Å². The Morgan fingerprint density at radius 3 is 2.37 bits per heavy atom. The van der Waals surface area contributed by atoms with Crippen molar-refractivity contribution in [1.82, 2.24) is 9.88 Å². The summed E-state index contributed by atoms with van der Waals surface area (Å²) in [5.41, 5.74) is 3.57. The van der Waals surface area contributed by atoms with Crippen LogP contribution in [0.15, 0.2) is 42.5 Å². The van der Waals surface area contributed by atoms with Gasteiger partial charge in [-0.15, -0.1) is 0 Å². The van der Waals surface area contributed by atoms with Crippen molar-refractivity contribution >= 4 is 22.5 Å². The van der Waals surface area contributed by atoms with E-state index in [4.69, 9.17) is 9.47 Å². The standard InChI is InChI=1S/C21H25N3O3/c1-23(2)16-8-7-15-11-18(22-17(15)12-16)21(25)24(3)13-14-6-9-19(26-4)20(10-14)27-5/h6-12,22H,13H2,1-5H3. The minimum Gasteiger partial charge on any atom is -0.493 e. The third-order valence-corrected chi connectivity index (χ3v) is 4.57. The minimum atomic E-state index is -0.0626. The first-order valence-corrected chi connectivity index (χ1v) is 8.69. The Bertz CT molecular complexity index is 962. The van der Waals surface area contributed by atoms with Crippen LogP contribution in [0, 0.1) is 0 Å². The zero-order valence-electron chi connectivity index (χ0n) is 16.4. The number of H-pyrrole nitrogens is 1. The molecule has 0 radical (unpaired) electrons. The summed E-state index contributed by atoms with van der Waals surface area (Å²) in [6, 6.07) is 13.7. The molecule has 27 heavy (non-hydrogen) atoms. The van der Waals surface area contributed by atoms with Crippen LogP contribution in [-0.4, -0.2) is 51.2 Å². The van der Waals surface area contributed by atoms with Crippen molar-refractivity contribution < 1.29 is 14.3 Å². The van der Waals surface area contributed by atoms with Gasteiger partial charge < -0.3 is 24.3 Å². The first-order chi connectivity index (χ1) is 12.9. The molecule has 0 saturated heterocycles. The van der Waals surface area contributed by atoms with Gasteiger partial charge in [0.1, 0.15) is 5.69 Å². The number of rotatable bonds is 6. The highest BCUT2D eigenvalue weighted by molar-refractivity contribution is 5.98. The molecule has 0 spiro atoms. The van der Waals surface area contributed by atoms with Gasteiger partial charge in [0.15, 0.2) is 11.5 Å². The fourth-order valence-corrected chi connectivity index (χ4v) is 3.04. The molecule has 1 aromatic heterocycles. The Kier molecular flexibility index (Phi) is 5.26. The fraction of sp³-hybridized carbons (Fsp3) is 0.286. The molecule has 1 N–H and O–H groups in total. The van der Waals surface area contributed by atoms with Gasteiger partial charge in [-0.05, 0) is 35.9 Å². The average molecular weight is 367 g/mol. The topological polar surface area (TPSA) is 57.8 Å². The van der Waals surface area contributed by atoms with Crippen LogP contribution in [0.2, 0.25) is 0 Å². The molecule has 0 aliphatic rings. The Morgan fingerprint density at radius 2 is 1.70 bits per heavy atom. The summed E-state index contributed by atoms with van der Waals surface area (Å²) >= 11 is 0. The summed E-state index contributed by atoms with van der Waals surface area (Å²) in [6.45, 7) is 0.470. The van der Waals surface area contributed by atoms with Crippen molar-refractivity contribution in [3.8, 4) is 11.5 Å². The molecule has 0 aliphatic heterocycles. The van der Waals surface area contributed by atoms with Gasteiger partial charge >= 0.3 is 0 Å². The van der Waals surface area contributed by atoms with Gasteiger partial charge in [0.2, 0.25) is 0 Å². The SMILES string of the molecule is COc1ccc(CN(C)C(=O)c2cc3ccc(N(C)C)cc3[nH]2)cc1OC. The summed E-state index contributed by atoms with van der Waals surface area (Å²) in [6.07, 6.45) is 0. The summed E-state index contributed by atoms with van der Waals surface area (Å²) in [4.78, 5) is 19.8. The predicted molar refractivity (Wildman–Crippen MR) is 108 cm³/mol. The van der Waals surface area contributed by atoms with Gasteiger partial charge in [0.25, 0.3) is 5.91 Å². The maximum absolute atomic E-state index is 12.8. The summed E-state index contributed by atoms with van der Waals surface area (Å²) in [5.74, 6) is 1.26. The van der Waals surface area contributed by atoms with Crippen LogP contribution in [0.3, 0.4) is 0 Å². The maximum atomic E-state index is 12.8. The van der Waals surface area contributed by atoms with E-state index in [1.54, 1.807) is 26.2 Å².